The zero-order valence-corrected chi connectivity index (χ0v) is 14.0. The first-order valence-corrected chi connectivity index (χ1v) is 7.66. The zero-order valence-electron chi connectivity index (χ0n) is 11.6. The van der Waals surface area contributed by atoms with Gasteiger partial charge >= 0.3 is 0 Å². The van der Waals surface area contributed by atoms with E-state index in [9.17, 15) is 0 Å². The summed E-state index contributed by atoms with van der Waals surface area (Å²) in [5, 5.41) is 4.55. The van der Waals surface area contributed by atoms with Crippen molar-refractivity contribution in [2.24, 2.45) is 7.05 Å². The Morgan fingerprint density at radius 3 is 2.85 bits per heavy atom. The van der Waals surface area contributed by atoms with E-state index >= 15 is 0 Å². The zero-order chi connectivity index (χ0) is 14.4. The normalized spacial score (nSPS) is 11.4. The van der Waals surface area contributed by atoms with Crippen molar-refractivity contribution >= 4 is 39.3 Å². The molecule has 0 fully saturated rings. The molecule has 4 nitrogen and oxygen atoms in total. The van der Waals surface area contributed by atoms with Crippen LogP contribution in [0.3, 0.4) is 0 Å². The summed E-state index contributed by atoms with van der Waals surface area (Å²) in [7, 11) is 1.95. The summed E-state index contributed by atoms with van der Waals surface area (Å²) in [6, 6.07) is 6.23. The standard InChI is InChI=1S/C14H15BrN4S/c1-4-10-12-13(18(3)17-10)19(14(20)16-12)11-7-8(2)5-6-9(11)15/h5-7H,4H2,1-3H3,(H,16,20). The van der Waals surface area contributed by atoms with E-state index in [1.807, 2.05) is 22.4 Å². The van der Waals surface area contributed by atoms with E-state index in [-0.39, 0.29) is 0 Å². The average Bonchev–Trinajstić information content (AvgIpc) is 2.90. The second-order valence-corrected chi connectivity index (χ2v) is 6.08. The van der Waals surface area contributed by atoms with Gasteiger partial charge in [-0.15, -0.1) is 0 Å². The van der Waals surface area contributed by atoms with Crippen molar-refractivity contribution in [3.8, 4) is 5.69 Å². The summed E-state index contributed by atoms with van der Waals surface area (Å²) < 4.78 is 5.62. The fourth-order valence-electron chi connectivity index (χ4n) is 2.48. The van der Waals surface area contributed by atoms with E-state index in [0.29, 0.717) is 4.77 Å². The number of aromatic amines is 1. The minimum Gasteiger partial charge on any atom is -0.327 e. The number of fused-ring (bicyclic) bond motifs is 1. The Labute approximate surface area is 130 Å². The van der Waals surface area contributed by atoms with Gasteiger partial charge in [-0.2, -0.15) is 5.10 Å². The smallest absolute Gasteiger partial charge is 0.184 e. The van der Waals surface area contributed by atoms with Crippen LogP contribution in [0.15, 0.2) is 22.7 Å². The van der Waals surface area contributed by atoms with Gasteiger partial charge in [0.1, 0.15) is 5.52 Å². The van der Waals surface area contributed by atoms with Crippen LogP contribution in [-0.4, -0.2) is 19.3 Å². The number of nitrogens with zero attached hydrogens (tertiary/aromatic N) is 3. The van der Waals surface area contributed by atoms with Gasteiger partial charge in [-0.05, 0) is 59.2 Å². The van der Waals surface area contributed by atoms with Crippen LogP contribution in [0.25, 0.3) is 16.9 Å². The first-order chi connectivity index (χ1) is 9.52. The van der Waals surface area contributed by atoms with Gasteiger partial charge in [0.2, 0.25) is 0 Å². The maximum atomic E-state index is 5.50. The van der Waals surface area contributed by atoms with Gasteiger partial charge in [0.05, 0.1) is 11.4 Å². The number of imidazole rings is 1. The summed E-state index contributed by atoms with van der Waals surface area (Å²) in [5.41, 5.74) is 5.28. The van der Waals surface area contributed by atoms with Crippen molar-refractivity contribution in [2.45, 2.75) is 20.3 Å². The van der Waals surface area contributed by atoms with Crippen LogP contribution in [-0.2, 0) is 13.5 Å². The highest BCUT2D eigenvalue weighted by Gasteiger charge is 2.16. The molecule has 0 aliphatic carbocycles. The monoisotopic (exact) mass is 350 g/mol. The second kappa shape index (κ2) is 4.86. The Hall–Kier alpha value is -1.40. The highest BCUT2D eigenvalue weighted by molar-refractivity contribution is 9.10. The highest BCUT2D eigenvalue weighted by Crippen LogP contribution is 2.28. The summed E-state index contributed by atoms with van der Waals surface area (Å²) in [6.45, 7) is 4.17. The third-order valence-electron chi connectivity index (χ3n) is 3.41. The van der Waals surface area contributed by atoms with Crippen molar-refractivity contribution < 1.29 is 0 Å². The maximum absolute atomic E-state index is 5.50. The number of halogens is 1. The molecule has 3 rings (SSSR count). The maximum Gasteiger partial charge on any atom is 0.184 e. The molecule has 0 saturated heterocycles. The van der Waals surface area contributed by atoms with Crippen LogP contribution in [0.2, 0.25) is 0 Å². The van der Waals surface area contributed by atoms with Crippen molar-refractivity contribution in [1.29, 1.82) is 0 Å². The molecule has 0 bridgehead atoms. The number of hydrogen-bond donors (Lipinski definition) is 1. The van der Waals surface area contributed by atoms with Gasteiger partial charge in [-0.3, -0.25) is 4.57 Å². The molecule has 0 aliphatic heterocycles. The average molecular weight is 351 g/mol. The molecule has 3 aromatic rings. The molecule has 0 unspecified atom stereocenters. The number of H-pyrrole nitrogens is 1. The van der Waals surface area contributed by atoms with Gasteiger partial charge in [0.15, 0.2) is 10.4 Å². The number of rotatable bonds is 2. The first-order valence-electron chi connectivity index (χ1n) is 6.46. The van der Waals surface area contributed by atoms with Crippen LogP contribution in [0.4, 0.5) is 0 Å². The summed E-state index contributed by atoms with van der Waals surface area (Å²) >= 11 is 9.11. The van der Waals surface area contributed by atoms with Crippen LogP contribution >= 0.6 is 28.1 Å². The minimum absolute atomic E-state index is 0.689. The SMILES string of the molecule is CCc1nn(C)c2c1[nH]c(=S)n2-c1cc(C)ccc1Br. The van der Waals surface area contributed by atoms with E-state index < -0.39 is 0 Å². The molecule has 0 radical (unpaired) electrons. The van der Waals surface area contributed by atoms with E-state index in [4.69, 9.17) is 12.2 Å². The van der Waals surface area contributed by atoms with Crippen molar-refractivity contribution in [3.05, 3.63) is 38.7 Å². The predicted octanol–water partition coefficient (Wildman–Crippen LogP) is 4.05. The Kier molecular flexibility index (Phi) is 3.30. The molecular weight excluding hydrogens is 336 g/mol. The lowest BCUT2D eigenvalue weighted by Gasteiger charge is -2.08. The third-order valence-corrected chi connectivity index (χ3v) is 4.37. The molecule has 0 saturated carbocycles. The lowest BCUT2D eigenvalue weighted by Crippen LogP contribution is -2.02. The van der Waals surface area contributed by atoms with Gasteiger partial charge in [-0.25, -0.2) is 4.68 Å². The van der Waals surface area contributed by atoms with Crippen molar-refractivity contribution in [3.63, 3.8) is 0 Å². The minimum atomic E-state index is 0.689. The molecule has 0 amide bonds. The topological polar surface area (TPSA) is 38.5 Å². The second-order valence-electron chi connectivity index (χ2n) is 4.84. The Balaban J connectivity index is 2.42. The molecule has 0 spiro atoms. The van der Waals surface area contributed by atoms with E-state index in [1.54, 1.807) is 0 Å². The lowest BCUT2D eigenvalue weighted by atomic mass is 10.2. The number of aromatic nitrogens is 4. The molecular formula is C14H15BrN4S. The summed E-state index contributed by atoms with van der Waals surface area (Å²) in [6.07, 6.45) is 0.877. The van der Waals surface area contributed by atoms with Gasteiger partial charge in [0.25, 0.3) is 0 Å². The predicted molar refractivity (Wildman–Crippen MR) is 87.0 cm³/mol. The molecule has 1 aromatic carbocycles. The molecule has 2 aromatic heterocycles. The first kappa shape index (κ1) is 13.6. The number of benzene rings is 1. The molecule has 6 heteroatoms. The third kappa shape index (κ3) is 1.94. The lowest BCUT2D eigenvalue weighted by molar-refractivity contribution is 0.748. The van der Waals surface area contributed by atoms with Crippen LogP contribution in [0.1, 0.15) is 18.2 Å². The van der Waals surface area contributed by atoms with Crippen molar-refractivity contribution in [1.82, 2.24) is 19.3 Å². The number of nitrogens with one attached hydrogen (secondary N) is 1. The van der Waals surface area contributed by atoms with E-state index in [2.05, 4.69) is 52.0 Å². The van der Waals surface area contributed by atoms with Gasteiger partial charge in [0, 0.05) is 11.5 Å². The molecule has 20 heavy (non-hydrogen) atoms. The fourth-order valence-corrected chi connectivity index (χ4v) is 3.19. The summed E-state index contributed by atoms with van der Waals surface area (Å²) in [4.78, 5) is 3.29. The quantitative estimate of drug-likeness (QED) is 0.708. The van der Waals surface area contributed by atoms with Crippen molar-refractivity contribution in [2.75, 3.05) is 0 Å². The fraction of sp³-hybridized carbons (Fsp3) is 0.286. The van der Waals surface area contributed by atoms with Crippen LogP contribution in [0.5, 0.6) is 0 Å². The van der Waals surface area contributed by atoms with Crippen LogP contribution < -0.4 is 0 Å². The highest BCUT2D eigenvalue weighted by atomic mass is 79.9. The number of hydrogen-bond acceptors (Lipinski definition) is 2. The summed E-state index contributed by atoms with van der Waals surface area (Å²) in [5.74, 6) is 0. The van der Waals surface area contributed by atoms with Gasteiger partial charge < -0.3 is 4.98 Å². The molecule has 104 valence electrons. The van der Waals surface area contributed by atoms with Gasteiger partial charge in [-0.1, -0.05) is 13.0 Å². The largest absolute Gasteiger partial charge is 0.327 e. The molecule has 0 aliphatic rings. The Morgan fingerprint density at radius 1 is 1.40 bits per heavy atom. The van der Waals surface area contributed by atoms with E-state index in [0.717, 1.165) is 33.4 Å². The van der Waals surface area contributed by atoms with Crippen LogP contribution in [0, 0.1) is 11.7 Å². The number of aryl methyl sites for hydroxylation is 3. The Bertz CT molecular complexity index is 856. The molecule has 0 atom stereocenters. The van der Waals surface area contributed by atoms with E-state index in [1.165, 1.54) is 5.56 Å². The Morgan fingerprint density at radius 2 is 2.15 bits per heavy atom. The molecule has 1 N–H and O–H groups in total. The molecule has 2 heterocycles.